The topological polar surface area (TPSA) is 105 Å². The van der Waals surface area contributed by atoms with Crippen LogP contribution in [0.3, 0.4) is 0 Å². The van der Waals surface area contributed by atoms with Crippen molar-refractivity contribution < 1.29 is 19.1 Å². The van der Waals surface area contributed by atoms with Crippen molar-refractivity contribution in [2.75, 3.05) is 0 Å². The smallest absolute Gasteiger partial charge is 0.333 e. The lowest BCUT2D eigenvalue weighted by Gasteiger charge is -2.37. The van der Waals surface area contributed by atoms with Gasteiger partial charge in [0.15, 0.2) is 17.4 Å². The molecule has 150 valence electrons. The number of carbonyl (C=O) groups is 3. The van der Waals surface area contributed by atoms with E-state index in [0.717, 1.165) is 10.5 Å². The Labute approximate surface area is 172 Å². The van der Waals surface area contributed by atoms with Gasteiger partial charge < -0.3 is 10.5 Å². The van der Waals surface area contributed by atoms with E-state index in [2.05, 4.69) is 10.6 Å². The number of amides is 5. The molecule has 0 bridgehead atoms. The number of hydrogen-bond donors (Lipinski definition) is 2. The molecule has 1 spiro atoms. The first kappa shape index (κ1) is 19.2. The van der Waals surface area contributed by atoms with E-state index in [1.54, 1.807) is 6.92 Å². The second kappa shape index (κ2) is 7.04. The summed E-state index contributed by atoms with van der Waals surface area (Å²) in [5.41, 5.74) is -0.121. The zero-order chi connectivity index (χ0) is 20.8. The van der Waals surface area contributed by atoms with Crippen LogP contribution in [0.25, 0.3) is 0 Å². The maximum atomic E-state index is 13.1. The van der Waals surface area contributed by atoms with Crippen LogP contribution in [0.1, 0.15) is 42.6 Å². The first-order chi connectivity index (χ1) is 13.8. The summed E-state index contributed by atoms with van der Waals surface area (Å²) in [6.45, 7) is 1.78. The lowest BCUT2D eigenvalue weighted by molar-refractivity contribution is -0.615. The molecular formula is C20H19ClN4O4. The molecule has 1 aliphatic heterocycles. The van der Waals surface area contributed by atoms with Crippen molar-refractivity contribution in [3.05, 3.63) is 69.6 Å². The van der Waals surface area contributed by atoms with Gasteiger partial charge in [0.1, 0.15) is 5.02 Å². The number of benzene rings is 1. The fourth-order valence-corrected chi connectivity index (χ4v) is 4.35. The molecule has 2 N–H and O–H groups in total. The van der Waals surface area contributed by atoms with Crippen LogP contribution >= 0.6 is 11.6 Å². The molecule has 1 saturated heterocycles. The third-order valence-electron chi connectivity index (χ3n) is 5.52. The SMILES string of the molecule is C[C@H](NC(=O)N1C(=O)NC(=O)[C@@]12CCCc1c2cc(Cl)c[n+]1[O-])c1ccccc1. The zero-order valence-electron chi connectivity index (χ0n) is 15.6. The summed E-state index contributed by atoms with van der Waals surface area (Å²) in [5, 5.41) is 17.5. The number of imide groups is 2. The molecule has 1 aromatic carbocycles. The molecule has 2 heterocycles. The molecule has 8 nitrogen and oxygen atoms in total. The largest absolute Gasteiger partial charge is 0.618 e. The fraction of sp³-hybridized carbons (Fsp3) is 0.300. The highest BCUT2D eigenvalue weighted by Crippen LogP contribution is 2.43. The Kier molecular flexibility index (Phi) is 4.66. The fourth-order valence-electron chi connectivity index (χ4n) is 4.16. The number of rotatable bonds is 2. The Bertz CT molecular complexity index is 1010. The van der Waals surface area contributed by atoms with Crippen molar-refractivity contribution >= 4 is 29.6 Å². The van der Waals surface area contributed by atoms with Crippen LogP contribution in [0.2, 0.25) is 5.02 Å². The summed E-state index contributed by atoms with van der Waals surface area (Å²) in [4.78, 5) is 39.5. The normalized spacial score (nSPS) is 21.7. The number of aromatic nitrogens is 1. The molecular weight excluding hydrogens is 396 g/mol. The van der Waals surface area contributed by atoms with Crippen molar-refractivity contribution in [1.82, 2.24) is 15.5 Å². The quantitative estimate of drug-likeness (QED) is 0.447. The van der Waals surface area contributed by atoms with E-state index in [0.29, 0.717) is 23.3 Å². The van der Waals surface area contributed by atoms with Crippen LogP contribution in [0, 0.1) is 5.21 Å². The lowest BCUT2D eigenvalue weighted by Crippen LogP contribution is -2.56. The molecule has 0 unspecified atom stereocenters. The van der Waals surface area contributed by atoms with E-state index in [1.165, 1.54) is 12.3 Å². The van der Waals surface area contributed by atoms with Gasteiger partial charge in [-0.1, -0.05) is 41.9 Å². The molecule has 4 rings (SSSR count). The van der Waals surface area contributed by atoms with Crippen molar-refractivity contribution in [3.8, 4) is 0 Å². The van der Waals surface area contributed by atoms with Crippen LogP contribution in [0.5, 0.6) is 0 Å². The molecule has 29 heavy (non-hydrogen) atoms. The summed E-state index contributed by atoms with van der Waals surface area (Å²) in [5.74, 6) is -0.631. The number of nitrogens with one attached hydrogen (secondary N) is 2. The van der Waals surface area contributed by atoms with Crippen LogP contribution in [-0.4, -0.2) is 22.9 Å². The maximum Gasteiger partial charge on any atom is 0.333 e. The van der Waals surface area contributed by atoms with E-state index < -0.39 is 29.6 Å². The number of halogens is 1. The first-order valence-corrected chi connectivity index (χ1v) is 9.65. The number of nitrogens with zero attached hydrogens (tertiary/aromatic N) is 2. The monoisotopic (exact) mass is 414 g/mol. The molecule has 2 aliphatic rings. The third-order valence-corrected chi connectivity index (χ3v) is 5.73. The molecule has 1 aliphatic carbocycles. The Morgan fingerprint density at radius 3 is 2.79 bits per heavy atom. The summed E-state index contributed by atoms with van der Waals surface area (Å²) in [6, 6.07) is 8.82. The average molecular weight is 415 g/mol. The molecule has 0 saturated carbocycles. The highest BCUT2D eigenvalue weighted by molar-refractivity contribution is 6.30. The van der Waals surface area contributed by atoms with Gasteiger partial charge in [-0.2, -0.15) is 4.73 Å². The molecule has 5 amide bonds. The minimum atomic E-state index is -1.60. The number of fused-ring (bicyclic) bond motifs is 2. The van der Waals surface area contributed by atoms with E-state index >= 15 is 0 Å². The molecule has 1 aromatic heterocycles. The number of carbonyl (C=O) groups excluding carboxylic acids is 3. The Morgan fingerprint density at radius 2 is 2.07 bits per heavy atom. The van der Waals surface area contributed by atoms with Gasteiger partial charge in [0, 0.05) is 6.42 Å². The summed E-state index contributed by atoms with van der Waals surface area (Å²) < 4.78 is 0.608. The summed E-state index contributed by atoms with van der Waals surface area (Å²) >= 11 is 6.06. The molecule has 0 radical (unpaired) electrons. The van der Waals surface area contributed by atoms with E-state index in [1.807, 2.05) is 30.3 Å². The second-order valence-electron chi connectivity index (χ2n) is 7.23. The van der Waals surface area contributed by atoms with Crippen molar-refractivity contribution in [2.24, 2.45) is 0 Å². The maximum absolute atomic E-state index is 13.1. The standard InChI is InChI=1S/C20H19ClN4O4/c1-12(13-6-3-2-4-7-13)22-18(27)25-19(28)23-17(26)20(25)9-5-8-16-15(20)10-14(21)11-24(16)29/h2-4,6-7,10-12H,5,8-9H2,1H3,(H,22,27)(H,23,26,28)/t12-,20-/m0/s1. The summed E-state index contributed by atoms with van der Waals surface area (Å²) in [7, 11) is 0. The van der Waals surface area contributed by atoms with E-state index in [4.69, 9.17) is 11.6 Å². The van der Waals surface area contributed by atoms with Gasteiger partial charge in [-0.05, 0) is 31.4 Å². The first-order valence-electron chi connectivity index (χ1n) is 9.28. The van der Waals surface area contributed by atoms with Crippen LogP contribution in [-0.2, 0) is 16.8 Å². The molecule has 1 fully saturated rings. The van der Waals surface area contributed by atoms with Gasteiger partial charge >= 0.3 is 12.1 Å². The zero-order valence-corrected chi connectivity index (χ0v) is 16.4. The summed E-state index contributed by atoms with van der Waals surface area (Å²) in [6.07, 6.45) is 2.31. The number of pyridine rings is 1. The van der Waals surface area contributed by atoms with Gasteiger partial charge in [0.25, 0.3) is 5.91 Å². The number of hydrogen-bond acceptors (Lipinski definition) is 4. The van der Waals surface area contributed by atoms with Crippen molar-refractivity contribution in [3.63, 3.8) is 0 Å². The van der Waals surface area contributed by atoms with Crippen LogP contribution < -0.4 is 15.4 Å². The van der Waals surface area contributed by atoms with E-state index in [-0.39, 0.29) is 17.0 Å². The minimum Gasteiger partial charge on any atom is -0.618 e. The number of urea groups is 2. The molecule has 2 atom stereocenters. The highest BCUT2D eigenvalue weighted by atomic mass is 35.5. The predicted molar refractivity (Wildman–Crippen MR) is 104 cm³/mol. The predicted octanol–water partition coefficient (Wildman–Crippen LogP) is 2.53. The molecule has 2 aromatic rings. The average Bonchev–Trinajstić information content (AvgIpc) is 2.93. The van der Waals surface area contributed by atoms with Crippen molar-refractivity contribution in [1.29, 1.82) is 0 Å². The Balaban J connectivity index is 1.75. The van der Waals surface area contributed by atoms with Crippen LogP contribution in [0.4, 0.5) is 9.59 Å². The van der Waals surface area contributed by atoms with E-state index in [9.17, 15) is 19.6 Å². The molecule has 9 heteroatoms. The van der Waals surface area contributed by atoms with Gasteiger partial charge in [-0.25, -0.2) is 14.5 Å². The lowest BCUT2D eigenvalue weighted by atomic mass is 9.77. The van der Waals surface area contributed by atoms with Gasteiger partial charge in [0.05, 0.1) is 11.6 Å². The minimum absolute atomic E-state index is 0.130. The second-order valence-corrected chi connectivity index (χ2v) is 7.67. The van der Waals surface area contributed by atoms with Gasteiger partial charge in [-0.15, -0.1) is 0 Å². The third kappa shape index (κ3) is 3.00. The Hall–Kier alpha value is -3.13. The Morgan fingerprint density at radius 1 is 1.34 bits per heavy atom. The van der Waals surface area contributed by atoms with Crippen LogP contribution in [0.15, 0.2) is 42.6 Å². The highest BCUT2D eigenvalue weighted by Gasteiger charge is 2.60. The van der Waals surface area contributed by atoms with Gasteiger partial charge in [0.2, 0.25) is 0 Å². The van der Waals surface area contributed by atoms with Gasteiger partial charge in [-0.3, -0.25) is 10.1 Å². The van der Waals surface area contributed by atoms with Crippen molar-refractivity contribution in [2.45, 2.75) is 37.8 Å².